The number of aliphatic hydroxyl groups is 2. The first-order chi connectivity index (χ1) is 7.60. The molecule has 2 unspecified atom stereocenters. The fourth-order valence-electron chi connectivity index (χ4n) is 1.91. The van der Waals surface area contributed by atoms with E-state index in [0.29, 0.717) is 13.0 Å². The number of carbonyl (C=O) groups is 1. The summed E-state index contributed by atoms with van der Waals surface area (Å²) in [6, 6.07) is -0.253. The van der Waals surface area contributed by atoms with Gasteiger partial charge in [0.1, 0.15) is 6.61 Å². The van der Waals surface area contributed by atoms with E-state index >= 15 is 0 Å². The molecular weight excluding hydrogens is 210 g/mol. The Morgan fingerprint density at radius 1 is 1.75 bits per heavy atom. The molecule has 1 aliphatic heterocycles. The van der Waals surface area contributed by atoms with Crippen LogP contribution in [0.4, 0.5) is 4.79 Å². The van der Waals surface area contributed by atoms with E-state index in [1.165, 1.54) is 11.0 Å². The fourth-order valence-corrected chi connectivity index (χ4v) is 1.91. The SMILES string of the molecule is C=CCOC(=O)N1CC(C(C)O)C[C@H]1CO. The summed E-state index contributed by atoms with van der Waals surface area (Å²) in [7, 11) is 0. The largest absolute Gasteiger partial charge is 0.445 e. The van der Waals surface area contributed by atoms with Crippen molar-refractivity contribution in [3.05, 3.63) is 12.7 Å². The van der Waals surface area contributed by atoms with Crippen LogP contribution in [0.2, 0.25) is 0 Å². The van der Waals surface area contributed by atoms with Crippen LogP contribution in [0.3, 0.4) is 0 Å². The summed E-state index contributed by atoms with van der Waals surface area (Å²) in [6.45, 7) is 5.63. The van der Waals surface area contributed by atoms with Crippen LogP contribution in [-0.2, 0) is 4.74 Å². The van der Waals surface area contributed by atoms with Gasteiger partial charge in [-0.1, -0.05) is 12.7 Å². The maximum absolute atomic E-state index is 11.6. The lowest BCUT2D eigenvalue weighted by molar-refractivity contribution is 0.0894. The molecule has 5 heteroatoms. The third kappa shape index (κ3) is 2.96. The molecule has 0 aromatic carbocycles. The van der Waals surface area contributed by atoms with Gasteiger partial charge in [0.05, 0.1) is 18.8 Å². The van der Waals surface area contributed by atoms with Gasteiger partial charge >= 0.3 is 6.09 Å². The summed E-state index contributed by atoms with van der Waals surface area (Å²) in [4.78, 5) is 13.1. The van der Waals surface area contributed by atoms with Crippen LogP contribution in [0.25, 0.3) is 0 Å². The number of nitrogens with zero attached hydrogens (tertiary/aromatic N) is 1. The van der Waals surface area contributed by atoms with Gasteiger partial charge < -0.3 is 19.8 Å². The molecule has 1 aliphatic rings. The van der Waals surface area contributed by atoms with Crippen molar-refractivity contribution in [1.82, 2.24) is 4.90 Å². The van der Waals surface area contributed by atoms with Gasteiger partial charge in [-0.2, -0.15) is 0 Å². The molecule has 5 nitrogen and oxygen atoms in total. The second-order valence-corrected chi connectivity index (χ2v) is 4.09. The standard InChI is InChI=1S/C11H19NO4/c1-3-4-16-11(15)12-6-9(8(2)14)5-10(12)7-13/h3,8-10,13-14H,1,4-7H2,2H3/t8?,9?,10-/m0/s1. The highest BCUT2D eigenvalue weighted by Crippen LogP contribution is 2.26. The van der Waals surface area contributed by atoms with Crippen molar-refractivity contribution in [3.63, 3.8) is 0 Å². The van der Waals surface area contributed by atoms with E-state index in [0.717, 1.165) is 0 Å². The zero-order valence-corrected chi connectivity index (χ0v) is 9.50. The topological polar surface area (TPSA) is 70.0 Å². The highest BCUT2D eigenvalue weighted by atomic mass is 16.6. The number of carbonyl (C=O) groups excluding carboxylic acids is 1. The molecule has 1 fully saturated rings. The van der Waals surface area contributed by atoms with Gasteiger partial charge in [-0.25, -0.2) is 4.79 Å². The van der Waals surface area contributed by atoms with E-state index in [-0.39, 0.29) is 25.2 Å². The Labute approximate surface area is 95.3 Å². The Balaban J connectivity index is 2.57. The molecule has 3 atom stereocenters. The fraction of sp³-hybridized carbons (Fsp3) is 0.727. The number of aliphatic hydroxyl groups excluding tert-OH is 2. The van der Waals surface area contributed by atoms with Crippen LogP contribution in [0.15, 0.2) is 12.7 Å². The monoisotopic (exact) mass is 229 g/mol. The molecule has 16 heavy (non-hydrogen) atoms. The smallest absolute Gasteiger partial charge is 0.410 e. The van der Waals surface area contributed by atoms with Gasteiger partial charge in [0.15, 0.2) is 0 Å². The van der Waals surface area contributed by atoms with E-state index in [1.54, 1.807) is 6.92 Å². The maximum atomic E-state index is 11.6. The van der Waals surface area contributed by atoms with Crippen molar-refractivity contribution in [2.45, 2.75) is 25.5 Å². The zero-order valence-electron chi connectivity index (χ0n) is 9.50. The van der Waals surface area contributed by atoms with Gasteiger partial charge in [-0.15, -0.1) is 0 Å². The minimum Gasteiger partial charge on any atom is -0.445 e. The summed E-state index contributed by atoms with van der Waals surface area (Å²) in [5.74, 6) is 0.00781. The summed E-state index contributed by atoms with van der Waals surface area (Å²) >= 11 is 0. The van der Waals surface area contributed by atoms with Crippen molar-refractivity contribution in [1.29, 1.82) is 0 Å². The van der Waals surface area contributed by atoms with Crippen molar-refractivity contribution in [3.8, 4) is 0 Å². The summed E-state index contributed by atoms with van der Waals surface area (Å²) in [5.41, 5.74) is 0. The quantitative estimate of drug-likeness (QED) is 0.683. The highest BCUT2D eigenvalue weighted by Gasteiger charge is 2.37. The van der Waals surface area contributed by atoms with E-state index < -0.39 is 12.2 Å². The lowest BCUT2D eigenvalue weighted by Crippen LogP contribution is -2.38. The van der Waals surface area contributed by atoms with Crippen LogP contribution in [0, 0.1) is 5.92 Å². The number of amides is 1. The zero-order chi connectivity index (χ0) is 12.1. The molecule has 1 saturated heterocycles. The van der Waals surface area contributed by atoms with Gasteiger partial charge in [-0.3, -0.25) is 0 Å². The summed E-state index contributed by atoms with van der Waals surface area (Å²) < 4.78 is 4.91. The Morgan fingerprint density at radius 2 is 2.44 bits per heavy atom. The molecule has 0 aromatic heterocycles. The highest BCUT2D eigenvalue weighted by molar-refractivity contribution is 5.68. The van der Waals surface area contributed by atoms with Gasteiger partial charge in [0.2, 0.25) is 0 Å². The molecule has 1 amide bonds. The molecule has 0 aromatic rings. The van der Waals surface area contributed by atoms with Crippen LogP contribution >= 0.6 is 0 Å². The Hall–Kier alpha value is -1.07. The number of hydrogen-bond acceptors (Lipinski definition) is 4. The van der Waals surface area contributed by atoms with Crippen LogP contribution < -0.4 is 0 Å². The normalized spacial score (nSPS) is 26.6. The van der Waals surface area contributed by atoms with Gasteiger partial charge in [-0.05, 0) is 13.3 Å². The second-order valence-electron chi connectivity index (χ2n) is 4.09. The average Bonchev–Trinajstić information content (AvgIpc) is 2.69. The first kappa shape index (κ1) is 13.0. The van der Waals surface area contributed by atoms with Gasteiger partial charge in [0.25, 0.3) is 0 Å². The van der Waals surface area contributed by atoms with Crippen molar-refractivity contribution >= 4 is 6.09 Å². The second kappa shape index (κ2) is 5.86. The van der Waals surface area contributed by atoms with Crippen molar-refractivity contribution in [2.75, 3.05) is 19.8 Å². The predicted molar refractivity (Wildman–Crippen MR) is 58.9 cm³/mol. The molecule has 2 N–H and O–H groups in total. The minimum absolute atomic E-state index is 0.00781. The lowest BCUT2D eigenvalue weighted by atomic mass is 10.0. The molecule has 0 spiro atoms. The van der Waals surface area contributed by atoms with E-state index in [4.69, 9.17) is 9.84 Å². The van der Waals surface area contributed by atoms with E-state index in [1.807, 2.05) is 0 Å². The number of rotatable bonds is 4. The molecule has 0 bridgehead atoms. The van der Waals surface area contributed by atoms with Crippen LogP contribution in [-0.4, -0.2) is 53.1 Å². The minimum atomic E-state index is -0.480. The van der Waals surface area contributed by atoms with E-state index in [2.05, 4.69) is 6.58 Å². The summed E-state index contributed by atoms with van der Waals surface area (Å²) in [6.07, 6.45) is 1.17. The Bertz CT molecular complexity index is 254. The molecule has 1 heterocycles. The molecule has 0 radical (unpaired) electrons. The molecular formula is C11H19NO4. The van der Waals surface area contributed by atoms with Crippen molar-refractivity contribution < 1.29 is 19.7 Å². The Morgan fingerprint density at radius 3 is 2.94 bits per heavy atom. The molecule has 92 valence electrons. The molecule has 0 saturated carbocycles. The maximum Gasteiger partial charge on any atom is 0.410 e. The predicted octanol–water partition coefficient (Wildman–Crippen LogP) is 0.373. The number of likely N-dealkylation sites (tertiary alicyclic amines) is 1. The first-order valence-corrected chi connectivity index (χ1v) is 5.43. The lowest BCUT2D eigenvalue weighted by Gasteiger charge is -2.21. The van der Waals surface area contributed by atoms with Crippen LogP contribution in [0.5, 0.6) is 0 Å². The van der Waals surface area contributed by atoms with Gasteiger partial charge in [0, 0.05) is 12.5 Å². The molecule has 0 aliphatic carbocycles. The number of hydrogen-bond donors (Lipinski definition) is 2. The third-order valence-electron chi connectivity index (χ3n) is 2.90. The Kier molecular flexibility index (Phi) is 4.76. The third-order valence-corrected chi connectivity index (χ3v) is 2.90. The number of ether oxygens (including phenoxy) is 1. The first-order valence-electron chi connectivity index (χ1n) is 5.43. The summed E-state index contributed by atoms with van der Waals surface area (Å²) in [5, 5.41) is 18.6. The van der Waals surface area contributed by atoms with E-state index in [9.17, 15) is 9.90 Å². The van der Waals surface area contributed by atoms with Crippen molar-refractivity contribution in [2.24, 2.45) is 5.92 Å². The van der Waals surface area contributed by atoms with Crippen LogP contribution in [0.1, 0.15) is 13.3 Å². The molecule has 1 rings (SSSR count). The average molecular weight is 229 g/mol.